The van der Waals surface area contributed by atoms with Gasteiger partial charge in [0.2, 0.25) is 5.78 Å². The van der Waals surface area contributed by atoms with E-state index in [1.54, 1.807) is 6.92 Å². The van der Waals surface area contributed by atoms with E-state index < -0.39 is 11.8 Å². The van der Waals surface area contributed by atoms with Crippen LogP contribution < -0.4 is 0 Å². The third-order valence-corrected chi connectivity index (χ3v) is 2.30. The van der Waals surface area contributed by atoms with Crippen LogP contribution in [-0.2, 0) is 27.2 Å². The van der Waals surface area contributed by atoms with E-state index in [-0.39, 0.29) is 13.0 Å². The molecule has 0 saturated carbocycles. The number of carbonyl (C=O) groups excluding carboxylic acids is 2. The quantitative estimate of drug-likeness (QED) is 0.562. The summed E-state index contributed by atoms with van der Waals surface area (Å²) >= 11 is 0. The number of hydrogen-bond acceptors (Lipinski definition) is 3. The van der Waals surface area contributed by atoms with Crippen molar-refractivity contribution in [2.45, 2.75) is 26.7 Å². The molecule has 1 aromatic rings. The first-order valence-electron chi connectivity index (χ1n) is 5.45. The fourth-order valence-electron chi connectivity index (χ4n) is 1.36. The highest BCUT2D eigenvalue weighted by molar-refractivity contribution is 6.34. The summed E-state index contributed by atoms with van der Waals surface area (Å²) in [4.78, 5) is 22.5. The SMILES string of the molecule is CCOC(=O)C(=O)Cc1ccc(CC)cc1. The summed E-state index contributed by atoms with van der Waals surface area (Å²) in [7, 11) is 0. The van der Waals surface area contributed by atoms with Crippen molar-refractivity contribution in [1.82, 2.24) is 0 Å². The van der Waals surface area contributed by atoms with Crippen molar-refractivity contribution in [3.8, 4) is 0 Å². The van der Waals surface area contributed by atoms with Gasteiger partial charge >= 0.3 is 5.97 Å². The Kier molecular flexibility index (Phi) is 4.70. The van der Waals surface area contributed by atoms with E-state index in [9.17, 15) is 9.59 Å². The van der Waals surface area contributed by atoms with Crippen molar-refractivity contribution in [3.05, 3.63) is 35.4 Å². The minimum Gasteiger partial charge on any atom is -0.460 e. The summed E-state index contributed by atoms with van der Waals surface area (Å²) < 4.78 is 4.63. The van der Waals surface area contributed by atoms with E-state index in [1.165, 1.54) is 5.56 Å². The lowest BCUT2D eigenvalue weighted by molar-refractivity contribution is -0.153. The fraction of sp³-hybridized carbons (Fsp3) is 0.385. The Morgan fingerprint density at radius 3 is 2.12 bits per heavy atom. The van der Waals surface area contributed by atoms with Gasteiger partial charge in [0.25, 0.3) is 0 Å². The number of Topliss-reactive ketones (excluding diaryl/α,β-unsaturated/α-hetero) is 1. The first-order valence-corrected chi connectivity index (χ1v) is 5.45. The summed E-state index contributed by atoms with van der Waals surface area (Å²) in [6, 6.07) is 7.67. The summed E-state index contributed by atoms with van der Waals surface area (Å²) in [6.45, 7) is 3.99. The molecule has 3 nitrogen and oxygen atoms in total. The predicted molar refractivity (Wildman–Crippen MR) is 61.2 cm³/mol. The van der Waals surface area contributed by atoms with E-state index in [2.05, 4.69) is 11.7 Å². The molecule has 0 N–H and O–H groups in total. The van der Waals surface area contributed by atoms with Crippen molar-refractivity contribution in [2.24, 2.45) is 0 Å². The van der Waals surface area contributed by atoms with Gasteiger partial charge in [-0.2, -0.15) is 0 Å². The van der Waals surface area contributed by atoms with Crippen LogP contribution in [0.3, 0.4) is 0 Å². The van der Waals surface area contributed by atoms with E-state index in [1.807, 2.05) is 24.3 Å². The van der Waals surface area contributed by atoms with Crippen LogP contribution in [0.1, 0.15) is 25.0 Å². The highest BCUT2D eigenvalue weighted by atomic mass is 16.5. The van der Waals surface area contributed by atoms with E-state index in [0.717, 1.165) is 12.0 Å². The van der Waals surface area contributed by atoms with Gasteiger partial charge in [0.1, 0.15) is 0 Å². The number of rotatable bonds is 5. The topological polar surface area (TPSA) is 43.4 Å². The van der Waals surface area contributed by atoms with Crippen molar-refractivity contribution in [3.63, 3.8) is 0 Å². The van der Waals surface area contributed by atoms with Crippen LogP contribution in [0, 0.1) is 0 Å². The Hall–Kier alpha value is -1.64. The maximum atomic E-state index is 11.4. The maximum Gasteiger partial charge on any atom is 0.374 e. The van der Waals surface area contributed by atoms with Crippen molar-refractivity contribution in [2.75, 3.05) is 6.61 Å². The molecular weight excluding hydrogens is 204 g/mol. The van der Waals surface area contributed by atoms with Crippen molar-refractivity contribution in [1.29, 1.82) is 0 Å². The second-order valence-corrected chi connectivity index (χ2v) is 3.49. The summed E-state index contributed by atoms with van der Waals surface area (Å²) in [5.41, 5.74) is 2.06. The molecule has 0 atom stereocenters. The molecule has 0 aliphatic rings. The average molecular weight is 220 g/mol. The van der Waals surface area contributed by atoms with Gasteiger partial charge in [0.15, 0.2) is 0 Å². The molecule has 0 amide bonds. The van der Waals surface area contributed by atoms with Crippen LogP contribution in [0.4, 0.5) is 0 Å². The minimum atomic E-state index is -0.748. The zero-order chi connectivity index (χ0) is 12.0. The molecule has 0 saturated heterocycles. The van der Waals surface area contributed by atoms with Gasteiger partial charge in [0.05, 0.1) is 6.61 Å². The van der Waals surface area contributed by atoms with Gasteiger partial charge in [-0.3, -0.25) is 4.79 Å². The second-order valence-electron chi connectivity index (χ2n) is 3.49. The van der Waals surface area contributed by atoms with Crippen LogP contribution in [0.25, 0.3) is 0 Å². The first-order chi connectivity index (χ1) is 7.67. The lowest BCUT2D eigenvalue weighted by Gasteiger charge is -2.02. The fourth-order valence-corrected chi connectivity index (χ4v) is 1.36. The predicted octanol–water partition coefficient (Wildman–Crippen LogP) is 1.92. The zero-order valence-electron chi connectivity index (χ0n) is 9.66. The molecule has 0 spiro atoms. The molecule has 0 fully saturated rings. The Labute approximate surface area is 95.4 Å². The van der Waals surface area contributed by atoms with Gasteiger partial charge in [0, 0.05) is 6.42 Å². The van der Waals surface area contributed by atoms with Crippen LogP contribution in [0.5, 0.6) is 0 Å². The Balaban J connectivity index is 2.59. The number of aryl methyl sites for hydroxylation is 1. The second kappa shape index (κ2) is 6.05. The Morgan fingerprint density at radius 2 is 1.62 bits per heavy atom. The zero-order valence-corrected chi connectivity index (χ0v) is 9.66. The molecule has 0 radical (unpaired) electrons. The molecule has 86 valence electrons. The number of carbonyl (C=O) groups is 2. The Morgan fingerprint density at radius 1 is 1.06 bits per heavy atom. The number of hydrogen-bond donors (Lipinski definition) is 0. The van der Waals surface area contributed by atoms with Crippen LogP contribution >= 0.6 is 0 Å². The third kappa shape index (κ3) is 3.50. The molecule has 0 aliphatic heterocycles. The normalized spacial score (nSPS) is 9.88. The van der Waals surface area contributed by atoms with E-state index in [4.69, 9.17) is 0 Å². The number of ether oxygens (including phenoxy) is 1. The number of benzene rings is 1. The van der Waals surface area contributed by atoms with Crippen molar-refractivity contribution < 1.29 is 14.3 Å². The summed E-state index contributed by atoms with van der Waals surface area (Å²) in [6.07, 6.45) is 1.08. The number of ketones is 1. The van der Waals surface area contributed by atoms with E-state index in [0.29, 0.717) is 0 Å². The van der Waals surface area contributed by atoms with Gasteiger partial charge in [-0.15, -0.1) is 0 Å². The molecule has 16 heavy (non-hydrogen) atoms. The standard InChI is InChI=1S/C13H16O3/c1-3-10-5-7-11(8-6-10)9-12(14)13(15)16-4-2/h5-8H,3-4,9H2,1-2H3. The largest absolute Gasteiger partial charge is 0.460 e. The molecule has 0 heterocycles. The van der Waals surface area contributed by atoms with E-state index >= 15 is 0 Å². The highest BCUT2D eigenvalue weighted by Crippen LogP contribution is 2.06. The molecule has 0 aliphatic carbocycles. The maximum absolute atomic E-state index is 11.4. The highest BCUT2D eigenvalue weighted by Gasteiger charge is 2.14. The van der Waals surface area contributed by atoms with Crippen LogP contribution in [0.2, 0.25) is 0 Å². The van der Waals surface area contributed by atoms with Gasteiger partial charge < -0.3 is 4.74 Å². The molecule has 0 bridgehead atoms. The first kappa shape index (κ1) is 12.4. The van der Waals surface area contributed by atoms with Gasteiger partial charge in [-0.25, -0.2) is 4.79 Å². The molecule has 1 rings (SSSR count). The summed E-state index contributed by atoms with van der Waals surface area (Å²) in [5.74, 6) is -1.24. The molecule has 1 aromatic carbocycles. The molecule has 0 aromatic heterocycles. The van der Waals surface area contributed by atoms with Gasteiger partial charge in [-0.1, -0.05) is 31.2 Å². The molecule has 0 unspecified atom stereocenters. The smallest absolute Gasteiger partial charge is 0.374 e. The van der Waals surface area contributed by atoms with Crippen LogP contribution in [0.15, 0.2) is 24.3 Å². The summed E-state index contributed by atoms with van der Waals surface area (Å²) in [5, 5.41) is 0. The minimum absolute atomic E-state index is 0.114. The monoisotopic (exact) mass is 220 g/mol. The average Bonchev–Trinajstić information content (AvgIpc) is 2.30. The lowest BCUT2D eigenvalue weighted by atomic mass is 10.1. The Bertz CT molecular complexity index is 365. The molecule has 3 heteroatoms. The van der Waals surface area contributed by atoms with Gasteiger partial charge in [-0.05, 0) is 24.5 Å². The lowest BCUT2D eigenvalue weighted by Crippen LogP contribution is -2.19. The number of esters is 1. The third-order valence-electron chi connectivity index (χ3n) is 2.30. The molecular formula is C13H16O3. The van der Waals surface area contributed by atoms with Crippen molar-refractivity contribution >= 4 is 11.8 Å². The van der Waals surface area contributed by atoms with Crippen LogP contribution in [-0.4, -0.2) is 18.4 Å².